The molecule has 1 rings (SSSR count). The lowest BCUT2D eigenvalue weighted by atomic mass is 10.2. The molecule has 1 aromatic rings. The van der Waals surface area contributed by atoms with Crippen molar-refractivity contribution >= 4 is 11.5 Å². The highest BCUT2D eigenvalue weighted by Gasteiger charge is 2.11. The molecule has 0 atom stereocenters. The number of carbonyl (C=O) groups is 1. The van der Waals surface area contributed by atoms with Crippen molar-refractivity contribution in [3.8, 4) is 0 Å². The minimum atomic E-state index is -0.285. The number of hydrogen-bond donors (Lipinski definition) is 1. The normalized spacial score (nSPS) is 10.9. The van der Waals surface area contributed by atoms with Gasteiger partial charge >= 0.3 is 0 Å². The number of carbonyl (C=O) groups excluding carboxylic acids is 1. The maximum absolute atomic E-state index is 11.2. The monoisotopic (exact) mass is 204 g/mol. The van der Waals surface area contributed by atoms with Crippen LogP contribution in [0.4, 0.5) is 0 Å². The molecule has 4 nitrogen and oxygen atoms in total. The molecule has 0 aliphatic rings. The van der Waals surface area contributed by atoms with E-state index in [1.165, 1.54) is 7.05 Å². The first kappa shape index (κ1) is 11.0. The summed E-state index contributed by atoms with van der Waals surface area (Å²) in [4.78, 5) is 11.2. The average Bonchev–Trinajstić information content (AvgIpc) is 2.73. The van der Waals surface area contributed by atoms with Gasteiger partial charge in [-0.3, -0.25) is 4.79 Å². The summed E-state index contributed by atoms with van der Waals surface area (Å²) in [5, 5.41) is 6.08. The summed E-state index contributed by atoms with van der Waals surface area (Å²) in [5.41, 5.74) is 0.969. The fraction of sp³-hybridized carbons (Fsp3) is 0.0909. The van der Waals surface area contributed by atoms with Crippen molar-refractivity contribution in [3.63, 3.8) is 0 Å². The van der Waals surface area contributed by atoms with Crippen LogP contribution in [-0.4, -0.2) is 18.1 Å². The maximum Gasteiger partial charge on any atom is 0.273 e. The zero-order chi connectivity index (χ0) is 11.3. The summed E-state index contributed by atoms with van der Waals surface area (Å²) in [6.07, 6.45) is 4.94. The Morgan fingerprint density at radius 1 is 1.60 bits per heavy atom. The van der Waals surface area contributed by atoms with Crippen molar-refractivity contribution in [3.05, 3.63) is 48.9 Å². The van der Waals surface area contributed by atoms with Gasteiger partial charge in [0.15, 0.2) is 11.5 Å². The van der Waals surface area contributed by atoms with Gasteiger partial charge in [0.2, 0.25) is 0 Å². The number of amides is 1. The van der Waals surface area contributed by atoms with E-state index in [1.807, 2.05) is 0 Å². The van der Waals surface area contributed by atoms with E-state index >= 15 is 0 Å². The van der Waals surface area contributed by atoms with E-state index < -0.39 is 0 Å². The molecule has 0 unspecified atom stereocenters. The van der Waals surface area contributed by atoms with Gasteiger partial charge in [0.1, 0.15) is 0 Å². The first-order valence-corrected chi connectivity index (χ1v) is 4.37. The second-order valence-corrected chi connectivity index (χ2v) is 2.72. The highest BCUT2D eigenvalue weighted by atomic mass is 16.5. The molecule has 0 aliphatic carbocycles. The van der Waals surface area contributed by atoms with Gasteiger partial charge in [0.25, 0.3) is 5.91 Å². The van der Waals surface area contributed by atoms with Crippen LogP contribution in [0.15, 0.2) is 42.0 Å². The average molecular weight is 204 g/mol. The molecular weight excluding hydrogens is 192 g/mol. The van der Waals surface area contributed by atoms with Crippen molar-refractivity contribution in [2.24, 2.45) is 0 Å². The van der Waals surface area contributed by atoms with E-state index in [-0.39, 0.29) is 11.6 Å². The third-order valence-electron chi connectivity index (χ3n) is 1.77. The van der Waals surface area contributed by atoms with Crippen LogP contribution in [0.5, 0.6) is 0 Å². The van der Waals surface area contributed by atoms with Crippen LogP contribution in [0.2, 0.25) is 0 Å². The Kier molecular flexibility index (Phi) is 3.62. The summed E-state index contributed by atoms with van der Waals surface area (Å²) in [6.45, 7) is 7.19. The Morgan fingerprint density at radius 2 is 2.33 bits per heavy atom. The molecule has 0 radical (unpaired) electrons. The van der Waals surface area contributed by atoms with Crippen molar-refractivity contribution in [1.29, 1.82) is 0 Å². The molecular formula is C11H12N2O2. The van der Waals surface area contributed by atoms with E-state index in [1.54, 1.807) is 24.3 Å². The Morgan fingerprint density at radius 3 is 2.87 bits per heavy atom. The molecule has 1 amide bonds. The zero-order valence-corrected chi connectivity index (χ0v) is 8.49. The van der Waals surface area contributed by atoms with Gasteiger partial charge in [-0.1, -0.05) is 36.5 Å². The molecule has 0 saturated carbocycles. The SMILES string of the molecule is C=C/C=C(\C=C)c1cc(C(=O)NC)no1. The Bertz CT molecular complexity index is 416. The van der Waals surface area contributed by atoms with E-state index in [4.69, 9.17) is 4.52 Å². The minimum Gasteiger partial charge on any atom is -0.355 e. The number of nitrogens with zero attached hydrogens (tertiary/aromatic N) is 1. The summed E-state index contributed by atoms with van der Waals surface area (Å²) < 4.78 is 5.00. The molecule has 0 aromatic carbocycles. The number of nitrogens with one attached hydrogen (secondary N) is 1. The van der Waals surface area contributed by atoms with Crippen LogP contribution in [0.25, 0.3) is 5.57 Å². The molecule has 15 heavy (non-hydrogen) atoms. The minimum absolute atomic E-state index is 0.240. The lowest BCUT2D eigenvalue weighted by Crippen LogP contribution is -2.17. The molecule has 0 saturated heterocycles. The Hall–Kier alpha value is -2.10. The highest BCUT2D eigenvalue weighted by Crippen LogP contribution is 2.16. The molecule has 1 heterocycles. The zero-order valence-electron chi connectivity index (χ0n) is 8.49. The first-order chi connectivity index (χ1) is 7.22. The fourth-order valence-corrected chi connectivity index (χ4v) is 1.02. The van der Waals surface area contributed by atoms with Crippen LogP contribution >= 0.6 is 0 Å². The summed E-state index contributed by atoms with van der Waals surface area (Å²) in [5.74, 6) is 0.204. The van der Waals surface area contributed by atoms with E-state index in [2.05, 4.69) is 23.6 Å². The third kappa shape index (κ3) is 2.43. The van der Waals surface area contributed by atoms with E-state index in [9.17, 15) is 4.79 Å². The third-order valence-corrected chi connectivity index (χ3v) is 1.77. The second kappa shape index (κ2) is 4.95. The molecule has 0 spiro atoms. The van der Waals surface area contributed by atoms with Crippen LogP contribution in [0, 0.1) is 0 Å². The smallest absolute Gasteiger partial charge is 0.273 e. The van der Waals surface area contributed by atoms with Crippen LogP contribution < -0.4 is 5.32 Å². The van der Waals surface area contributed by atoms with Crippen LogP contribution in [0.3, 0.4) is 0 Å². The van der Waals surface area contributed by atoms with Gasteiger partial charge < -0.3 is 9.84 Å². The largest absolute Gasteiger partial charge is 0.355 e. The lowest BCUT2D eigenvalue weighted by molar-refractivity contribution is 0.0954. The number of aromatic nitrogens is 1. The Labute approximate surface area is 88.0 Å². The molecule has 0 aliphatic heterocycles. The number of allylic oxidation sites excluding steroid dienone is 4. The Balaban J connectivity index is 3.02. The van der Waals surface area contributed by atoms with Crippen molar-refractivity contribution < 1.29 is 9.32 Å². The van der Waals surface area contributed by atoms with Gasteiger partial charge in [-0.15, -0.1) is 0 Å². The van der Waals surface area contributed by atoms with Gasteiger partial charge in [0, 0.05) is 18.7 Å². The van der Waals surface area contributed by atoms with Gasteiger partial charge in [0.05, 0.1) is 0 Å². The standard InChI is InChI=1S/C11H12N2O2/c1-4-6-8(5-2)10-7-9(13-15-10)11(14)12-3/h4-7H,1-2H2,3H3,(H,12,14)/b8-6+. The predicted molar refractivity (Wildman–Crippen MR) is 58.3 cm³/mol. The van der Waals surface area contributed by atoms with Crippen LogP contribution in [-0.2, 0) is 0 Å². The summed E-state index contributed by atoms with van der Waals surface area (Å²) in [6, 6.07) is 1.55. The van der Waals surface area contributed by atoms with Crippen molar-refractivity contribution in [2.75, 3.05) is 7.05 Å². The highest BCUT2D eigenvalue weighted by molar-refractivity contribution is 5.92. The first-order valence-electron chi connectivity index (χ1n) is 4.37. The van der Waals surface area contributed by atoms with E-state index in [0.717, 1.165) is 5.57 Å². The molecule has 0 fully saturated rings. The lowest BCUT2D eigenvalue weighted by Gasteiger charge is -1.91. The summed E-state index contributed by atoms with van der Waals surface area (Å²) in [7, 11) is 1.53. The fourth-order valence-electron chi connectivity index (χ4n) is 1.02. The molecule has 78 valence electrons. The molecule has 1 aromatic heterocycles. The van der Waals surface area contributed by atoms with Gasteiger partial charge in [-0.05, 0) is 0 Å². The predicted octanol–water partition coefficient (Wildman–Crippen LogP) is 1.79. The van der Waals surface area contributed by atoms with Gasteiger partial charge in [-0.25, -0.2) is 0 Å². The topological polar surface area (TPSA) is 55.1 Å². The quantitative estimate of drug-likeness (QED) is 0.761. The summed E-state index contributed by atoms with van der Waals surface area (Å²) >= 11 is 0. The van der Waals surface area contributed by atoms with Crippen molar-refractivity contribution in [2.45, 2.75) is 0 Å². The van der Waals surface area contributed by atoms with Crippen molar-refractivity contribution in [1.82, 2.24) is 10.5 Å². The number of hydrogen-bond acceptors (Lipinski definition) is 3. The number of rotatable bonds is 4. The van der Waals surface area contributed by atoms with Gasteiger partial charge in [-0.2, -0.15) is 0 Å². The molecule has 0 bridgehead atoms. The van der Waals surface area contributed by atoms with E-state index in [0.29, 0.717) is 5.76 Å². The van der Waals surface area contributed by atoms with Crippen LogP contribution in [0.1, 0.15) is 16.2 Å². The maximum atomic E-state index is 11.2. The molecule has 4 heteroatoms. The second-order valence-electron chi connectivity index (χ2n) is 2.72. The molecule has 1 N–H and O–H groups in total.